The van der Waals surface area contributed by atoms with Crippen molar-refractivity contribution in [2.45, 2.75) is 6.92 Å². The number of rotatable bonds is 3. The fraction of sp³-hybridized carbons (Fsp3) is 0.0526. The quantitative estimate of drug-likeness (QED) is 0.566. The lowest BCUT2D eigenvalue weighted by Crippen LogP contribution is -1.98. The number of anilines is 2. The molecule has 0 spiro atoms. The van der Waals surface area contributed by atoms with E-state index in [-0.39, 0.29) is 0 Å². The molecule has 0 aliphatic rings. The van der Waals surface area contributed by atoms with Crippen molar-refractivity contribution in [1.29, 1.82) is 0 Å². The van der Waals surface area contributed by atoms with E-state index in [0.717, 1.165) is 28.3 Å². The fourth-order valence-electron chi connectivity index (χ4n) is 2.68. The Kier molecular flexibility index (Phi) is 3.67. The molecule has 0 amide bonds. The highest BCUT2D eigenvalue weighted by molar-refractivity contribution is 6.30. The van der Waals surface area contributed by atoms with Crippen LogP contribution in [0.25, 0.3) is 17.0 Å². The van der Waals surface area contributed by atoms with Crippen LogP contribution < -0.4 is 5.32 Å². The van der Waals surface area contributed by atoms with E-state index in [2.05, 4.69) is 28.3 Å². The lowest BCUT2D eigenvalue weighted by Gasteiger charge is -2.11. The second-order valence-corrected chi connectivity index (χ2v) is 5.99. The third-order valence-electron chi connectivity index (χ3n) is 3.90. The molecule has 0 fully saturated rings. The predicted octanol–water partition coefficient (Wildman–Crippen LogP) is 5.10. The van der Waals surface area contributed by atoms with Gasteiger partial charge in [-0.1, -0.05) is 41.9 Å². The van der Waals surface area contributed by atoms with Crippen LogP contribution in [-0.2, 0) is 0 Å². The summed E-state index contributed by atoms with van der Waals surface area (Å²) in [6.07, 6.45) is 3.69. The molecule has 0 atom stereocenters. The molecule has 118 valence electrons. The molecule has 2 aromatic heterocycles. The zero-order valence-corrected chi connectivity index (χ0v) is 13.8. The maximum absolute atomic E-state index is 6.16. The van der Waals surface area contributed by atoms with E-state index in [4.69, 9.17) is 11.6 Å². The first-order valence-corrected chi connectivity index (χ1v) is 8.02. The summed E-state index contributed by atoms with van der Waals surface area (Å²) in [6, 6.07) is 17.7. The molecule has 0 radical (unpaired) electrons. The van der Waals surface area contributed by atoms with Gasteiger partial charge in [0.1, 0.15) is 11.5 Å². The molecule has 2 aromatic carbocycles. The van der Waals surface area contributed by atoms with Crippen molar-refractivity contribution in [3.8, 4) is 11.3 Å². The van der Waals surface area contributed by atoms with Crippen LogP contribution in [0.2, 0.25) is 5.02 Å². The van der Waals surface area contributed by atoms with Gasteiger partial charge in [0.25, 0.3) is 0 Å². The van der Waals surface area contributed by atoms with Gasteiger partial charge in [0.2, 0.25) is 5.78 Å². The number of para-hydroxylation sites is 1. The average molecular weight is 335 g/mol. The van der Waals surface area contributed by atoms with Gasteiger partial charge in [-0.25, -0.2) is 9.97 Å². The molecule has 5 heteroatoms. The number of aryl methyl sites for hydroxylation is 1. The van der Waals surface area contributed by atoms with Gasteiger partial charge in [-0.3, -0.25) is 4.40 Å². The number of hydrogen-bond donors (Lipinski definition) is 1. The highest BCUT2D eigenvalue weighted by atomic mass is 35.5. The Morgan fingerprint density at radius 3 is 2.75 bits per heavy atom. The Balaban J connectivity index is 1.92. The molecule has 1 N–H and O–H groups in total. The molecule has 4 rings (SSSR count). The van der Waals surface area contributed by atoms with Gasteiger partial charge in [-0.2, -0.15) is 0 Å². The van der Waals surface area contributed by atoms with Crippen molar-refractivity contribution in [1.82, 2.24) is 14.4 Å². The van der Waals surface area contributed by atoms with Crippen LogP contribution >= 0.6 is 11.6 Å². The van der Waals surface area contributed by atoms with Gasteiger partial charge in [0.15, 0.2) is 0 Å². The first-order chi connectivity index (χ1) is 11.7. The molecule has 4 aromatic rings. The van der Waals surface area contributed by atoms with E-state index in [1.165, 1.54) is 0 Å². The van der Waals surface area contributed by atoms with Crippen LogP contribution in [0.15, 0.2) is 67.0 Å². The standard InChI is InChI=1S/C19H15ClN4/c1-13-6-2-3-9-16(13)22-18-17(14-7-4-8-15(20)12-14)23-19-21-10-5-11-24(18)19/h2-12,22H,1H3. The summed E-state index contributed by atoms with van der Waals surface area (Å²) < 4.78 is 1.95. The average Bonchev–Trinajstić information content (AvgIpc) is 2.96. The molecule has 0 saturated heterocycles. The summed E-state index contributed by atoms with van der Waals surface area (Å²) in [5.74, 6) is 1.51. The monoisotopic (exact) mass is 334 g/mol. The Morgan fingerprint density at radius 1 is 1.04 bits per heavy atom. The Morgan fingerprint density at radius 2 is 1.92 bits per heavy atom. The van der Waals surface area contributed by atoms with E-state index in [0.29, 0.717) is 10.8 Å². The van der Waals surface area contributed by atoms with Gasteiger partial charge in [-0.15, -0.1) is 0 Å². The number of benzene rings is 2. The number of fused-ring (bicyclic) bond motifs is 1. The van der Waals surface area contributed by atoms with E-state index in [1.807, 2.05) is 59.1 Å². The van der Waals surface area contributed by atoms with Crippen molar-refractivity contribution in [2.24, 2.45) is 0 Å². The van der Waals surface area contributed by atoms with Crippen LogP contribution in [0.4, 0.5) is 11.5 Å². The van der Waals surface area contributed by atoms with Gasteiger partial charge in [0, 0.05) is 28.7 Å². The van der Waals surface area contributed by atoms with E-state index < -0.39 is 0 Å². The molecule has 4 nitrogen and oxygen atoms in total. The highest BCUT2D eigenvalue weighted by Crippen LogP contribution is 2.32. The third-order valence-corrected chi connectivity index (χ3v) is 4.13. The number of halogens is 1. The lowest BCUT2D eigenvalue weighted by atomic mass is 10.1. The smallest absolute Gasteiger partial charge is 0.235 e. The maximum Gasteiger partial charge on any atom is 0.235 e. The van der Waals surface area contributed by atoms with Gasteiger partial charge in [0.05, 0.1) is 0 Å². The van der Waals surface area contributed by atoms with Crippen LogP contribution in [0.1, 0.15) is 5.56 Å². The second-order valence-electron chi connectivity index (χ2n) is 5.55. The fourth-order valence-corrected chi connectivity index (χ4v) is 2.87. The number of nitrogens with one attached hydrogen (secondary N) is 1. The van der Waals surface area contributed by atoms with E-state index >= 15 is 0 Å². The van der Waals surface area contributed by atoms with Crippen LogP contribution in [0.5, 0.6) is 0 Å². The summed E-state index contributed by atoms with van der Waals surface area (Å²) in [4.78, 5) is 9.03. The Bertz CT molecular complexity index is 1020. The van der Waals surface area contributed by atoms with Gasteiger partial charge in [-0.05, 0) is 36.8 Å². The van der Waals surface area contributed by atoms with Crippen molar-refractivity contribution in [2.75, 3.05) is 5.32 Å². The van der Waals surface area contributed by atoms with Gasteiger partial charge >= 0.3 is 0 Å². The first-order valence-electron chi connectivity index (χ1n) is 7.64. The van der Waals surface area contributed by atoms with Crippen LogP contribution in [0.3, 0.4) is 0 Å². The Labute approximate surface area is 144 Å². The molecule has 0 aliphatic heterocycles. The summed E-state index contributed by atoms with van der Waals surface area (Å²) in [7, 11) is 0. The minimum atomic E-state index is 0.642. The zero-order chi connectivity index (χ0) is 16.5. The predicted molar refractivity (Wildman–Crippen MR) is 97.9 cm³/mol. The van der Waals surface area contributed by atoms with E-state index in [1.54, 1.807) is 6.20 Å². The molecular formula is C19H15ClN4. The molecule has 24 heavy (non-hydrogen) atoms. The Hall–Kier alpha value is -2.85. The zero-order valence-electron chi connectivity index (χ0n) is 13.1. The molecule has 2 heterocycles. The molecule has 0 saturated carbocycles. The molecular weight excluding hydrogens is 320 g/mol. The van der Waals surface area contributed by atoms with Crippen LogP contribution in [-0.4, -0.2) is 14.4 Å². The number of nitrogens with zero attached hydrogens (tertiary/aromatic N) is 3. The van der Waals surface area contributed by atoms with Crippen LogP contribution in [0, 0.1) is 6.92 Å². The minimum absolute atomic E-state index is 0.642. The lowest BCUT2D eigenvalue weighted by molar-refractivity contribution is 1.11. The van der Waals surface area contributed by atoms with Crippen molar-refractivity contribution in [3.05, 3.63) is 77.6 Å². The molecule has 0 unspecified atom stereocenters. The van der Waals surface area contributed by atoms with Crippen molar-refractivity contribution in [3.63, 3.8) is 0 Å². The van der Waals surface area contributed by atoms with E-state index in [9.17, 15) is 0 Å². The second kappa shape index (κ2) is 5.98. The molecule has 0 bridgehead atoms. The highest BCUT2D eigenvalue weighted by Gasteiger charge is 2.15. The number of hydrogen-bond acceptors (Lipinski definition) is 3. The largest absolute Gasteiger partial charge is 0.339 e. The maximum atomic E-state index is 6.16. The summed E-state index contributed by atoms with van der Waals surface area (Å²) in [6.45, 7) is 2.07. The number of aromatic nitrogens is 3. The number of imidazole rings is 1. The van der Waals surface area contributed by atoms with Crippen molar-refractivity contribution >= 4 is 28.9 Å². The minimum Gasteiger partial charge on any atom is -0.339 e. The summed E-state index contributed by atoms with van der Waals surface area (Å²) >= 11 is 6.16. The third kappa shape index (κ3) is 2.61. The summed E-state index contributed by atoms with van der Waals surface area (Å²) in [5.41, 5.74) is 3.96. The SMILES string of the molecule is Cc1ccccc1Nc1c(-c2cccc(Cl)c2)nc2ncccn12. The normalized spacial score (nSPS) is 10.9. The molecule has 0 aliphatic carbocycles. The van der Waals surface area contributed by atoms with Gasteiger partial charge < -0.3 is 5.32 Å². The topological polar surface area (TPSA) is 42.2 Å². The summed E-state index contributed by atoms with van der Waals surface area (Å²) in [5, 5.41) is 4.18. The van der Waals surface area contributed by atoms with Crippen molar-refractivity contribution < 1.29 is 0 Å². The first kappa shape index (κ1) is 14.7.